The van der Waals surface area contributed by atoms with Gasteiger partial charge in [0.05, 0.1) is 0 Å². The lowest BCUT2D eigenvalue weighted by Crippen LogP contribution is -2.47. The molecule has 0 radical (unpaired) electrons. The Kier molecular flexibility index (Phi) is 11.5. The number of likely N-dealkylation sites (tertiary alicyclic amines) is 1. The van der Waals surface area contributed by atoms with Gasteiger partial charge in [0.25, 0.3) is 0 Å². The summed E-state index contributed by atoms with van der Waals surface area (Å²) in [5.41, 5.74) is 0. The predicted octanol–water partition coefficient (Wildman–Crippen LogP) is 3.39. The van der Waals surface area contributed by atoms with Crippen molar-refractivity contribution in [2.45, 2.75) is 64.2 Å². The van der Waals surface area contributed by atoms with E-state index in [1.54, 1.807) is 7.05 Å². The quantitative estimate of drug-likeness (QED) is 0.381. The van der Waals surface area contributed by atoms with E-state index in [9.17, 15) is 4.79 Å². The summed E-state index contributed by atoms with van der Waals surface area (Å²) in [7, 11) is 3.61. The van der Waals surface area contributed by atoms with Crippen LogP contribution in [0.25, 0.3) is 0 Å². The SMILES string of the molecule is CN=C(NCC1CCCCCCC1)N1CCC(CC(=O)NC)CC1.I. The number of guanidine groups is 1. The largest absolute Gasteiger partial charge is 0.359 e. The molecule has 0 aromatic rings. The smallest absolute Gasteiger partial charge is 0.220 e. The summed E-state index contributed by atoms with van der Waals surface area (Å²) in [6, 6.07) is 0. The van der Waals surface area contributed by atoms with Crippen LogP contribution >= 0.6 is 24.0 Å². The van der Waals surface area contributed by atoms with E-state index in [1.807, 2.05) is 7.05 Å². The summed E-state index contributed by atoms with van der Waals surface area (Å²) >= 11 is 0. The van der Waals surface area contributed by atoms with Gasteiger partial charge in [0, 0.05) is 40.2 Å². The second-order valence-corrected chi connectivity index (χ2v) is 7.45. The van der Waals surface area contributed by atoms with E-state index in [0.717, 1.165) is 44.4 Å². The number of halogens is 1. The predicted molar refractivity (Wildman–Crippen MR) is 116 cm³/mol. The van der Waals surface area contributed by atoms with Crippen LogP contribution in [0.2, 0.25) is 0 Å². The van der Waals surface area contributed by atoms with E-state index in [-0.39, 0.29) is 29.9 Å². The zero-order chi connectivity index (χ0) is 17.2. The maximum absolute atomic E-state index is 11.5. The molecule has 0 aromatic heterocycles. The van der Waals surface area contributed by atoms with Crippen LogP contribution in [0.5, 0.6) is 0 Å². The van der Waals surface area contributed by atoms with Gasteiger partial charge in [0.15, 0.2) is 5.96 Å². The van der Waals surface area contributed by atoms with Gasteiger partial charge < -0.3 is 15.5 Å². The van der Waals surface area contributed by atoms with Crippen molar-refractivity contribution >= 4 is 35.8 Å². The van der Waals surface area contributed by atoms with Gasteiger partial charge in [-0.1, -0.05) is 32.1 Å². The van der Waals surface area contributed by atoms with E-state index in [2.05, 4.69) is 20.5 Å². The number of carbonyl (C=O) groups is 1. The number of rotatable bonds is 4. The van der Waals surface area contributed by atoms with E-state index in [0.29, 0.717) is 12.3 Å². The monoisotopic (exact) mass is 464 g/mol. The molecule has 1 saturated carbocycles. The number of nitrogens with one attached hydrogen (secondary N) is 2. The first-order valence-corrected chi connectivity index (χ1v) is 9.89. The highest BCUT2D eigenvalue weighted by Crippen LogP contribution is 2.23. The first-order chi connectivity index (χ1) is 11.7. The molecule has 25 heavy (non-hydrogen) atoms. The summed E-state index contributed by atoms with van der Waals surface area (Å²) in [6.07, 6.45) is 12.6. The first kappa shape index (κ1) is 22.5. The minimum absolute atomic E-state index is 0. The second kappa shape index (κ2) is 12.8. The Morgan fingerprint density at radius 1 is 1.00 bits per heavy atom. The van der Waals surface area contributed by atoms with Crippen molar-refractivity contribution in [2.75, 3.05) is 33.7 Å². The van der Waals surface area contributed by atoms with Crippen molar-refractivity contribution in [3.8, 4) is 0 Å². The minimum Gasteiger partial charge on any atom is -0.359 e. The summed E-state index contributed by atoms with van der Waals surface area (Å²) in [6.45, 7) is 3.07. The molecular formula is C19H37IN4O. The third kappa shape index (κ3) is 8.13. The van der Waals surface area contributed by atoms with Crippen LogP contribution in [0.15, 0.2) is 4.99 Å². The molecule has 2 rings (SSSR count). The number of carbonyl (C=O) groups excluding carboxylic acids is 1. The maximum Gasteiger partial charge on any atom is 0.220 e. The number of hydrogen-bond acceptors (Lipinski definition) is 2. The summed E-state index contributed by atoms with van der Waals surface area (Å²) < 4.78 is 0. The van der Waals surface area contributed by atoms with Crippen molar-refractivity contribution < 1.29 is 4.79 Å². The standard InChI is InChI=1S/C19H36N4O.HI/c1-20-18(24)14-16-10-12-23(13-11-16)19(21-2)22-15-17-8-6-4-3-5-7-9-17;/h16-17H,3-15H2,1-2H3,(H,20,24)(H,21,22);1H. The number of nitrogens with zero attached hydrogens (tertiary/aromatic N) is 2. The number of amides is 1. The number of piperidine rings is 1. The van der Waals surface area contributed by atoms with Gasteiger partial charge in [0.2, 0.25) is 5.91 Å². The third-order valence-electron chi connectivity index (χ3n) is 5.65. The average Bonchev–Trinajstić information content (AvgIpc) is 2.58. The van der Waals surface area contributed by atoms with Crippen molar-refractivity contribution in [1.82, 2.24) is 15.5 Å². The molecule has 2 fully saturated rings. The molecule has 1 aliphatic carbocycles. The van der Waals surface area contributed by atoms with Crippen LogP contribution in [0.4, 0.5) is 0 Å². The Morgan fingerprint density at radius 2 is 1.60 bits per heavy atom. The van der Waals surface area contributed by atoms with Crippen LogP contribution in [0, 0.1) is 11.8 Å². The first-order valence-electron chi connectivity index (χ1n) is 9.89. The van der Waals surface area contributed by atoms with Crippen molar-refractivity contribution in [3.63, 3.8) is 0 Å². The molecule has 1 amide bonds. The molecular weight excluding hydrogens is 427 g/mol. The molecule has 146 valence electrons. The molecule has 1 heterocycles. The van der Waals surface area contributed by atoms with E-state index in [1.165, 1.54) is 44.9 Å². The Balaban J connectivity index is 0.00000312. The lowest BCUT2D eigenvalue weighted by molar-refractivity contribution is -0.121. The second-order valence-electron chi connectivity index (χ2n) is 7.45. The highest BCUT2D eigenvalue weighted by molar-refractivity contribution is 14.0. The molecule has 0 unspecified atom stereocenters. The Morgan fingerprint density at radius 3 is 2.16 bits per heavy atom. The molecule has 0 aromatic carbocycles. The Labute approximate surface area is 170 Å². The van der Waals surface area contributed by atoms with Gasteiger partial charge in [-0.3, -0.25) is 9.79 Å². The van der Waals surface area contributed by atoms with E-state index in [4.69, 9.17) is 0 Å². The maximum atomic E-state index is 11.5. The molecule has 5 nitrogen and oxygen atoms in total. The number of hydrogen-bond donors (Lipinski definition) is 2. The van der Waals surface area contributed by atoms with E-state index >= 15 is 0 Å². The van der Waals surface area contributed by atoms with Crippen LogP contribution in [-0.2, 0) is 4.79 Å². The molecule has 2 N–H and O–H groups in total. The lowest BCUT2D eigenvalue weighted by atomic mass is 9.91. The van der Waals surface area contributed by atoms with Gasteiger partial charge in [-0.05, 0) is 37.5 Å². The molecule has 0 atom stereocenters. The fraction of sp³-hybridized carbons (Fsp3) is 0.895. The normalized spacial score (nSPS) is 21.0. The van der Waals surface area contributed by atoms with Crippen molar-refractivity contribution in [2.24, 2.45) is 16.8 Å². The summed E-state index contributed by atoms with van der Waals surface area (Å²) in [4.78, 5) is 18.4. The minimum atomic E-state index is 0. The van der Waals surface area contributed by atoms with Crippen molar-refractivity contribution in [1.29, 1.82) is 0 Å². The average molecular weight is 464 g/mol. The van der Waals surface area contributed by atoms with Gasteiger partial charge in [-0.25, -0.2) is 0 Å². The Hall–Kier alpha value is -0.530. The fourth-order valence-corrected chi connectivity index (χ4v) is 4.03. The van der Waals surface area contributed by atoms with E-state index < -0.39 is 0 Å². The zero-order valence-electron chi connectivity index (χ0n) is 16.1. The van der Waals surface area contributed by atoms with Crippen LogP contribution in [0.1, 0.15) is 64.2 Å². The van der Waals surface area contributed by atoms with Crippen LogP contribution < -0.4 is 10.6 Å². The third-order valence-corrected chi connectivity index (χ3v) is 5.65. The van der Waals surface area contributed by atoms with Gasteiger partial charge >= 0.3 is 0 Å². The zero-order valence-corrected chi connectivity index (χ0v) is 18.4. The Bertz CT molecular complexity index is 400. The molecule has 0 spiro atoms. The van der Waals surface area contributed by atoms with Gasteiger partial charge in [-0.2, -0.15) is 0 Å². The highest BCUT2D eigenvalue weighted by atomic mass is 127. The lowest BCUT2D eigenvalue weighted by Gasteiger charge is -2.34. The summed E-state index contributed by atoms with van der Waals surface area (Å²) in [5.74, 6) is 2.54. The van der Waals surface area contributed by atoms with Gasteiger partial charge in [0.1, 0.15) is 0 Å². The van der Waals surface area contributed by atoms with Crippen LogP contribution in [-0.4, -0.2) is 50.5 Å². The van der Waals surface area contributed by atoms with Crippen LogP contribution in [0.3, 0.4) is 0 Å². The number of aliphatic imine (C=N–C) groups is 1. The van der Waals surface area contributed by atoms with Crippen molar-refractivity contribution in [3.05, 3.63) is 0 Å². The molecule has 1 aliphatic heterocycles. The molecule has 1 saturated heterocycles. The molecule has 6 heteroatoms. The van der Waals surface area contributed by atoms with Gasteiger partial charge in [-0.15, -0.1) is 24.0 Å². The summed E-state index contributed by atoms with van der Waals surface area (Å²) in [5, 5.41) is 6.36. The highest BCUT2D eigenvalue weighted by Gasteiger charge is 2.23. The molecule has 0 bridgehead atoms. The fourth-order valence-electron chi connectivity index (χ4n) is 4.03. The topological polar surface area (TPSA) is 56.7 Å². The molecule has 2 aliphatic rings.